The molecule has 2 aromatic carbocycles. The van der Waals surface area contributed by atoms with Gasteiger partial charge in [-0.1, -0.05) is 13.0 Å². The van der Waals surface area contributed by atoms with Gasteiger partial charge < -0.3 is 18.9 Å². The SMILES string of the molecule is COC=Cc1cc(OC)c2c(c1)[C@H](C)[C@@H](c1ccc(OC)c(C)c1)O2. The van der Waals surface area contributed by atoms with E-state index in [1.165, 1.54) is 0 Å². The maximum atomic E-state index is 6.29. The fourth-order valence-corrected chi connectivity index (χ4v) is 3.33. The molecule has 1 aliphatic rings. The van der Waals surface area contributed by atoms with E-state index in [-0.39, 0.29) is 12.0 Å². The van der Waals surface area contributed by atoms with Crippen LogP contribution in [0.2, 0.25) is 0 Å². The Labute approximate surface area is 149 Å². The van der Waals surface area contributed by atoms with Crippen molar-refractivity contribution in [3.8, 4) is 17.2 Å². The predicted octanol–water partition coefficient (Wildman–Crippen LogP) is 4.87. The van der Waals surface area contributed by atoms with Crippen LogP contribution in [0.1, 0.15) is 41.2 Å². The molecule has 2 atom stereocenters. The van der Waals surface area contributed by atoms with Gasteiger partial charge in [-0.25, -0.2) is 0 Å². The molecule has 0 aliphatic carbocycles. The van der Waals surface area contributed by atoms with Gasteiger partial charge in [-0.15, -0.1) is 0 Å². The first-order chi connectivity index (χ1) is 12.1. The smallest absolute Gasteiger partial charge is 0.165 e. The lowest BCUT2D eigenvalue weighted by atomic mass is 9.91. The number of methoxy groups -OCH3 is 3. The topological polar surface area (TPSA) is 36.9 Å². The number of rotatable bonds is 5. The largest absolute Gasteiger partial charge is 0.504 e. The zero-order chi connectivity index (χ0) is 18.0. The Kier molecular flexibility index (Phi) is 4.88. The van der Waals surface area contributed by atoms with Gasteiger partial charge in [0.15, 0.2) is 11.5 Å². The monoisotopic (exact) mass is 340 g/mol. The third kappa shape index (κ3) is 3.16. The van der Waals surface area contributed by atoms with E-state index in [2.05, 4.69) is 25.1 Å². The lowest BCUT2D eigenvalue weighted by Crippen LogP contribution is -2.07. The molecule has 4 nitrogen and oxygen atoms in total. The quantitative estimate of drug-likeness (QED) is 0.728. The van der Waals surface area contributed by atoms with Crippen LogP contribution < -0.4 is 14.2 Å². The Balaban J connectivity index is 1.98. The molecule has 0 amide bonds. The minimum absolute atomic E-state index is 0.0461. The van der Waals surface area contributed by atoms with Crippen LogP contribution in [-0.4, -0.2) is 21.3 Å². The summed E-state index contributed by atoms with van der Waals surface area (Å²) < 4.78 is 22.2. The van der Waals surface area contributed by atoms with Gasteiger partial charge in [0.25, 0.3) is 0 Å². The molecule has 0 aromatic heterocycles. The van der Waals surface area contributed by atoms with Crippen LogP contribution in [-0.2, 0) is 4.74 Å². The van der Waals surface area contributed by atoms with Crippen LogP contribution in [0.25, 0.3) is 6.08 Å². The molecular formula is C21H24O4. The van der Waals surface area contributed by atoms with Crippen molar-refractivity contribution >= 4 is 6.08 Å². The molecule has 4 heteroatoms. The van der Waals surface area contributed by atoms with Crippen molar-refractivity contribution in [3.63, 3.8) is 0 Å². The number of hydrogen-bond acceptors (Lipinski definition) is 4. The highest BCUT2D eigenvalue weighted by Crippen LogP contribution is 2.51. The highest BCUT2D eigenvalue weighted by molar-refractivity contribution is 5.61. The Hall–Kier alpha value is -2.62. The second kappa shape index (κ2) is 7.09. The van der Waals surface area contributed by atoms with Gasteiger partial charge in [0.2, 0.25) is 0 Å². The van der Waals surface area contributed by atoms with E-state index < -0.39 is 0 Å². The zero-order valence-corrected chi connectivity index (χ0v) is 15.3. The van der Waals surface area contributed by atoms with Crippen molar-refractivity contribution in [3.05, 3.63) is 58.8 Å². The minimum Gasteiger partial charge on any atom is -0.504 e. The number of hydrogen-bond donors (Lipinski definition) is 0. The van der Waals surface area contributed by atoms with Crippen molar-refractivity contribution in [1.29, 1.82) is 0 Å². The van der Waals surface area contributed by atoms with Crippen molar-refractivity contribution in [2.45, 2.75) is 25.9 Å². The van der Waals surface area contributed by atoms with E-state index in [0.717, 1.165) is 39.5 Å². The van der Waals surface area contributed by atoms with Gasteiger partial charge in [0.1, 0.15) is 11.9 Å². The Morgan fingerprint density at radius 3 is 2.40 bits per heavy atom. The van der Waals surface area contributed by atoms with Crippen LogP contribution in [0.15, 0.2) is 36.6 Å². The van der Waals surface area contributed by atoms with Crippen LogP contribution in [0.3, 0.4) is 0 Å². The van der Waals surface area contributed by atoms with Crippen molar-refractivity contribution in [2.24, 2.45) is 0 Å². The standard InChI is InChI=1S/C21H24O4/c1-13-10-16(6-7-18(13)23-4)20-14(2)17-11-15(8-9-22-3)12-19(24-5)21(17)25-20/h6-12,14,20H,1-5H3/t14-,20-/m0/s1. The van der Waals surface area contributed by atoms with Crippen LogP contribution >= 0.6 is 0 Å². The van der Waals surface area contributed by atoms with Gasteiger partial charge in [-0.05, 0) is 54.0 Å². The summed E-state index contributed by atoms with van der Waals surface area (Å²) >= 11 is 0. The van der Waals surface area contributed by atoms with Gasteiger partial charge in [-0.3, -0.25) is 0 Å². The molecular weight excluding hydrogens is 316 g/mol. The van der Waals surface area contributed by atoms with E-state index in [1.54, 1.807) is 27.6 Å². The second-order valence-corrected chi connectivity index (χ2v) is 6.24. The minimum atomic E-state index is -0.0461. The summed E-state index contributed by atoms with van der Waals surface area (Å²) in [6, 6.07) is 10.3. The molecule has 0 saturated carbocycles. The zero-order valence-electron chi connectivity index (χ0n) is 15.3. The fraction of sp³-hybridized carbons (Fsp3) is 0.333. The third-order valence-electron chi connectivity index (χ3n) is 4.66. The molecule has 0 spiro atoms. The first kappa shape index (κ1) is 17.2. The number of benzene rings is 2. The highest BCUT2D eigenvalue weighted by atomic mass is 16.5. The fourth-order valence-electron chi connectivity index (χ4n) is 3.33. The third-order valence-corrected chi connectivity index (χ3v) is 4.66. The summed E-state index contributed by atoms with van der Waals surface area (Å²) in [6.07, 6.45) is 3.53. The lowest BCUT2D eigenvalue weighted by molar-refractivity contribution is 0.208. The number of fused-ring (bicyclic) bond motifs is 1. The molecule has 0 N–H and O–H groups in total. The van der Waals surface area contributed by atoms with Gasteiger partial charge >= 0.3 is 0 Å². The summed E-state index contributed by atoms with van der Waals surface area (Å²) in [5.74, 6) is 2.67. The van der Waals surface area contributed by atoms with E-state index in [9.17, 15) is 0 Å². The molecule has 1 aliphatic heterocycles. The second-order valence-electron chi connectivity index (χ2n) is 6.24. The Morgan fingerprint density at radius 1 is 1.00 bits per heavy atom. The molecule has 1 heterocycles. The normalized spacial score (nSPS) is 18.8. The highest BCUT2D eigenvalue weighted by Gasteiger charge is 2.35. The van der Waals surface area contributed by atoms with E-state index in [4.69, 9.17) is 18.9 Å². The molecule has 2 aromatic rings. The van der Waals surface area contributed by atoms with Crippen molar-refractivity contribution in [2.75, 3.05) is 21.3 Å². The molecule has 0 unspecified atom stereocenters. The summed E-state index contributed by atoms with van der Waals surface area (Å²) in [6.45, 7) is 4.22. The molecule has 25 heavy (non-hydrogen) atoms. The maximum absolute atomic E-state index is 6.29. The summed E-state index contributed by atoms with van der Waals surface area (Å²) in [4.78, 5) is 0. The molecule has 0 bridgehead atoms. The molecule has 0 fully saturated rings. The maximum Gasteiger partial charge on any atom is 0.165 e. The average Bonchev–Trinajstić information content (AvgIpc) is 2.96. The summed E-state index contributed by atoms with van der Waals surface area (Å²) in [5, 5.41) is 0. The number of ether oxygens (including phenoxy) is 4. The van der Waals surface area contributed by atoms with Gasteiger partial charge in [-0.2, -0.15) is 0 Å². The van der Waals surface area contributed by atoms with Crippen LogP contribution in [0.4, 0.5) is 0 Å². The average molecular weight is 340 g/mol. The predicted molar refractivity (Wildman–Crippen MR) is 98.6 cm³/mol. The molecule has 132 valence electrons. The van der Waals surface area contributed by atoms with Crippen LogP contribution in [0.5, 0.6) is 17.2 Å². The number of aryl methyl sites for hydroxylation is 1. The van der Waals surface area contributed by atoms with Gasteiger partial charge in [0.05, 0.1) is 27.6 Å². The van der Waals surface area contributed by atoms with Crippen molar-refractivity contribution in [1.82, 2.24) is 0 Å². The Morgan fingerprint density at radius 2 is 1.76 bits per heavy atom. The summed E-state index contributed by atoms with van der Waals surface area (Å²) in [7, 11) is 4.99. The van der Waals surface area contributed by atoms with E-state index in [1.807, 2.05) is 25.1 Å². The summed E-state index contributed by atoms with van der Waals surface area (Å²) in [5.41, 5.74) is 4.41. The molecule has 0 saturated heterocycles. The van der Waals surface area contributed by atoms with E-state index >= 15 is 0 Å². The lowest BCUT2D eigenvalue weighted by Gasteiger charge is -2.17. The molecule has 3 rings (SSSR count). The first-order valence-electron chi connectivity index (χ1n) is 8.31. The van der Waals surface area contributed by atoms with Gasteiger partial charge in [0, 0.05) is 11.5 Å². The first-order valence-corrected chi connectivity index (χ1v) is 8.31. The van der Waals surface area contributed by atoms with Crippen molar-refractivity contribution < 1.29 is 18.9 Å². The molecule has 0 radical (unpaired) electrons. The van der Waals surface area contributed by atoms with E-state index in [0.29, 0.717) is 0 Å². The Bertz CT molecular complexity index is 795. The van der Waals surface area contributed by atoms with Crippen LogP contribution in [0, 0.1) is 6.92 Å².